The summed E-state index contributed by atoms with van der Waals surface area (Å²) in [6, 6.07) is 8.97. The highest BCUT2D eigenvalue weighted by molar-refractivity contribution is 5.85. The third kappa shape index (κ3) is 4.37. The van der Waals surface area contributed by atoms with Crippen LogP contribution in [-0.4, -0.2) is 17.7 Å². The molecule has 0 aliphatic carbocycles. The molecule has 0 saturated carbocycles. The molecule has 0 radical (unpaired) electrons. The van der Waals surface area contributed by atoms with Crippen LogP contribution in [0.25, 0.3) is 0 Å². The van der Waals surface area contributed by atoms with Crippen molar-refractivity contribution in [1.29, 1.82) is 0 Å². The van der Waals surface area contributed by atoms with E-state index in [1.807, 2.05) is 0 Å². The number of amides is 1. The first-order valence-corrected chi connectivity index (χ1v) is 5.69. The summed E-state index contributed by atoms with van der Waals surface area (Å²) in [5, 5.41) is 2.17. The molecular formula is C13H9F3N2O3. The van der Waals surface area contributed by atoms with E-state index in [-0.39, 0.29) is 11.6 Å². The topological polar surface area (TPSA) is 60.5 Å². The van der Waals surface area contributed by atoms with Crippen molar-refractivity contribution < 1.29 is 27.4 Å². The Balaban J connectivity index is 2.04. The minimum atomic E-state index is -3.19. The van der Waals surface area contributed by atoms with Gasteiger partial charge in [0, 0.05) is 6.07 Å². The fraction of sp³-hybridized carbons (Fsp3) is 0.0769. The lowest BCUT2D eigenvalue weighted by atomic mass is 10.3. The standard InChI is InChI=1S/C13H9F3N2O3/c14-9-7-17-11(6-10(9)21-12(15)16)18-13(19)20-8-4-2-1-3-5-8/h1-7,12H,(H,17,18,19). The zero-order valence-electron chi connectivity index (χ0n) is 10.4. The van der Waals surface area contributed by atoms with Crippen LogP contribution in [-0.2, 0) is 0 Å². The van der Waals surface area contributed by atoms with Crippen molar-refractivity contribution in [3.63, 3.8) is 0 Å². The van der Waals surface area contributed by atoms with E-state index in [9.17, 15) is 18.0 Å². The van der Waals surface area contributed by atoms with Gasteiger partial charge in [-0.1, -0.05) is 18.2 Å². The number of ether oxygens (including phenoxy) is 2. The molecule has 1 amide bonds. The Morgan fingerprint density at radius 1 is 1.24 bits per heavy atom. The number of carbonyl (C=O) groups excluding carboxylic acids is 1. The van der Waals surface area contributed by atoms with Gasteiger partial charge in [0.15, 0.2) is 11.6 Å². The van der Waals surface area contributed by atoms with Crippen LogP contribution in [0.2, 0.25) is 0 Å². The van der Waals surface area contributed by atoms with Gasteiger partial charge in [0.2, 0.25) is 0 Å². The van der Waals surface area contributed by atoms with Crippen molar-refractivity contribution in [1.82, 2.24) is 4.98 Å². The smallest absolute Gasteiger partial charge is 0.418 e. The number of aromatic nitrogens is 1. The molecule has 2 rings (SSSR count). The molecule has 5 nitrogen and oxygen atoms in total. The van der Waals surface area contributed by atoms with Gasteiger partial charge in [-0.3, -0.25) is 5.32 Å². The number of anilines is 1. The number of hydrogen-bond acceptors (Lipinski definition) is 4. The summed E-state index contributed by atoms with van der Waals surface area (Å²) in [5.41, 5.74) is 0. The van der Waals surface area contributed by atoms with Crippen molar-refractivity contribution in [2.75, 3.05) is 5.32 Å². The predicted octanol–water partition coefficient (Wildman–Crippen LogP) is 3.43. The number of benzene rings is 1. The van der Waals surface area contributed by atoms with Crippen molar-refractivity contribution in [2.24, 2.45) is 0 Å². The molecule has 0 unspecified atom stereocenters. The highest BCUT2D eigenvalue weighted by Gasteiger charge is 2.13. The van der Waals surface area contributed by atoms with Gasteiger partial charge >= 0.3 is 12.7 Å². The zero-order valence-corrected chi connectivity index (χ0v) is 10.4. The number of carbonyl (C=O) groups is 1. The lowest BCUT2D eigenvalue weighted by Crippen LogP contribution is -2.17. The summed E-state index contributed by atoms with van der Waals surface area (Å²) in [5.74, 6) is -1.71. The second-order valence-electron chi connectivity index (χ2n) is 3.71. The number of halogens is 3. The van der Waals surface area contributed by atoms with Crippen molar-refractivity contribution in [2.45, 2.75) is 6.61 Å². The van der Waals surface area contributed by atoms with Gasteiger partial charge < -0.3 is 9.47 Å². The van der Waals surface area contributed by atoms with Crippen molar-refractivity contribution >= 4 is 11.9 Å². The maximum Gasteiger partial charge on any atom is 0.418 e. The highest BCUT2D eigenvalue weighted by atomic mass is 19.3. The van der Waals surface area contributed by atoms with Crippen LogP contribution in [0.1, 0.15) is 0 Å². The average molecular weight is 298 g/mol. The van der Waals surface area contributed by atoms with Crippen LogP contribution in [0, 0.1) is 5.82 Å². The van der Waals surface area contributed by atoms with E-state index in [1.54, 1.807) is 30.3 Å². The number of nitrogens with one attached hydrogen (secondary N) is 1. The van der Waals surface area contributed by atoms with Gasteiger partial charge in [-0.15, -0.1) is 0 Å². The van der Waals surface area contributed by atoms with Gasteiger partial charge in [0.05, 0.1) is 6.20 Å². The number of alkyl halides is 2. The van der Waals surface area contributed by atoms with Gasteiger partial charge in [-0.2, -0.15) is 8.78 Å². The fourth-order valence-corrected chi connectivity index (χ4v) is 1.40. The van der Waals surface area contributed by atoms with E-state index in [0.29, 0.717) is 6.20 Å². The van der Waals surface area contributed by atoms with E-state index in [0.717, 1.165) is 6.07 Å². The molecule has 1 aromatic heterocycles. The van der Waals surface area contributed by atoms with E-state index in [1.165, 1.54) is 0 Å². The maximum atomic E-state index is 13.1. The molecule has 0 atom stereocenters. The maximum absolute atomic E-state index is 13.1. The summed E-state index contributed by atoms with van der Waals surface area (Å²) in [7, 11) is 0. The van der Waals surface area contributed by atoms with Gasteiger partial charge in [0.25, 0.3) is 0 Å². The van der Waals surface area contributed by atoms with Crippen LogP contribution in [0.4, 0.5) is 23.8 Å². The third-order valence-electron chi connectivity index (χ3n) is 2.22. The lowest BCUT2D eigenvalue weighted by molar-refractivity contribution is -0.0522. The number of rotatable bonds is 4. The van der Waals surface area contributed by atoms with Crippen molar-refractivity contribution in [3.8, 4) is 11.5 Å². The van der Waals surface area contributed by atoms with E-state index in [4.69, 9.17) is 4.74 Å². The van der Waals surface area contributed by atoms with E-state index < -0.39 is 24.3 Å². The Labute approximate surface area is 117 Å². The second kappa shape index (κ2) is 6.60. The van der Waals surface area contributed by atoms with Crippen LogP contribution in [0.15, 0.2) is 42.6 Å². The minimum Gasteiger partial charge on any atom is -0.431 e. The summed E-state index contributed by atoms with van der Waals surface area (Å²) >= 11 is 0. The SMILES string of the molecule is O=C(Nc1cc(OC(F)F)c(F)cn1)Oc1ccccc1. The minimum absolute atomic E-state index is 0.187. The molecule has 0 fully saturated rings. The molecule has 1 aromatic carbocycles. The average Bonchev–Trinajstić information content (AvgIpc) is 2.43. The van der Waals surface area contributed by atoms with E-state index >= 15 is 0 Å². The van der Waals surface area contributed by atoms with Crippen LogP contribution in [0.3, 0.4) is 0 Å². The van der Waals surface area contributed by atoms with Crippen LogP contribution in [0.5, 0.6) is 11.5 Å². The van der Waals surface area contributed by atoms with Gasteiger partial charge in [-0.25, -0.2) is 14.2 Å². The third-order valence-corrected chi connectivity index (χ3v) is 2.22. The molecule has 0 aliphatic heterocycles. The van der Waals surface area contributed by atoms with E-state index in [2.05, 4.69) is 15.0 Å². The highest BCUT2D eigenvalue weighted by Crippen LogP contribution is 2.21. The Bertz CT molecular complexity index is 623. The summed E-state index contributed by atoms with van der Waals surface area (Å²) < 4.78 is 46.1. The molecule has 0 aliphatic rings. The first-order chi connectivity index (χ1) is 10.0. The molecule has 1 N–H and O–H groups in total. The largest absolute Gasteiger partial charge is 0.431 e. The molecule has 2 aromatic rings. The van der Waals surface area contributed by atoms with Gasteiger partial charge in [-0.05, 0) is 12.1 Å². The molecule has 1 heterocycles. The fourth-order valence-electron chi connectivity index (χ4n) is 1.40. The Hall–Kier alpha value is -2.77. The monoisotopic (exact) mass is 298 g/mol. The molecule has 8 heteroatoms. The molecule has 110 valence electrons. The molecule has 0 spiro atoms. The molecule has 21 heavy (non-hydrogen) atoms. The zero-order chi connectivity index (χ0) is 15.2. The Morgan fingerprint density at radius 2 is 1.95 bits per heavy atom. The Morgan fingerprint density at radius 3 is 2.62 bits per heavy atom. The van der Waals surface area contributed by atoms with Crippen molar-refractivity contribution in [3.05, 3.63) is 48.4 Å². The number of pyridine rings is 1. The van der Waals surface area contributed by atoms with Crippen LogP contribution < -0.4 is 14.8 Å². The summed E-state index contributed by atoms with van der Waals surface area (Å²) in [6.45, 7) is -3.19. The summed E-state index contributed by atoms with van der Waals surface area (Å²) in [4.78, 5) is 15.1. The first kappa shape index (κ1) is 14.6. The second-order valence-corrected chi connectivity index (χ2v) is 3.71. The van der Waals surface area contributed by atoms with Gasteiger partial charge in [0.1, 0.15) is 11.6 Å². The summed E-state index contributed by atoms with van der Waals surface area (Å²) in [6.07, 6.45) is -0.251. The molecule has 0 bridgehead atoms. The normalized spacial score (nSPS) is 10.3. The Kier molecular flexibility index (Phi) is 4.60. The lowest BCUT2D eigenvalue weighted by Gasteiger charge is -2.08. The first-order valence-electron chi connectivity index (χ1n) is 5.69. The molecule has 0 saturated heterocycles. The number of para-hydroxylation sites is 1. The number of hydrogen-bond donors (Lipinski definition) is 1. The predicted molar refractivity (Wildman–Crippen MR) is 66.9 cm³/mol. The van der Waals surface area contributed by atoms with Crippen LogP contribution >= 0.6 is 0 Å². The molecular weight excluding hydrogens is 289 g/mol. The number of nitrogens with zero attached hydrogens (tertiary/aromatic N) is 1. The quantitative estimate of drug-likeness (QED) is 0.939.